The van der Waals surface area contributed by atoms with Gasteiger partial charge in [0.2, 0.25) is 0 Å². The Hall–Kier alpha value is -1.18. The van der Waals surface area contributed by atoms with Gasteiger partial charge in [0.05, 0.1) is 7.11 Å². The first-order chi connectivity index (χ1) is 6.27. The topological polar surface area (TPSA) is 29.5 Å². The summed E-state index contributed by atoms with van der Waals surface area (Å²) in [5.41, 5.74) is 1.17. The summed E-state index contributed by atoms with van der Waals surface area (Å²) in [6.07, 6.45) is 0.955. The fraction of sp³-hybridized carbons (Fsp3) is 0.455. The number of rotatable bonds is 2. The minimum absolute atomic E-state index is 0.199. The maximum Gasteiger partial charge on any atom is 0.160 e. The van der Waals surface area contributed by atoms with Gasteiger partial charge < -0.3 is 9.84 Å². The van der Waals surface area contributed by atoms with Gasteiger partial charge >= 0.3 is 0 Å². The minimum atomic E-state index is 0.199. The quantitative estimate of drug-likeness (QED) is 0.761. The number of methoxy groups -OCH3 is 1. The van der Waals surface area contributed by atoms with Crippen molar-refractivity contribution >= 4 is 0 Å². The number of benzene rings is 1. The van der Waals surface area contributed by atoms with Gasteiger partial charge in [0.15, 0.2) is 11.5 Å². The van der Waals surface area contributed by atoms with E-state index in [9.17, 15) is 5.11 Å². The zero-order valence-electron chi connectivity index (χ0n) is 8.79. The van der Waals surface area contributed by atoms with E-state index in [1.165, 1.54) is 5.56 Å². The third kappa shape index (κ3) is 3.36. The van der Waals surface area contributed by atoms with Crippen LogP contribution >= 0.6 is 0 Å². The van der Waals surface area contributed by atoms with E-state index < -0.39 is 0 Å². The van der Waals surface area contributed by atoms with Crippen molar-refractivity contribution in [1.29, 1.82) is 0 Å². The molecular weight excluding hydrogens is 164 g/mol. The summed E-state index contributed by atoms with van der Waals surface area (Å²) in [6.45, 7) is 6.06. The van der Waals surface area contributed by atoms with E-state index in [2.05, 4.69) is 6.92 Å². The molecule has 0 radical (unpaired) electrons. The summed E-state index contributed by atoms with van der Waals surface area (Å²) in [7, 11) is 1.55. The number of phenols is 1. The predicted octanol–water partition coefficient (Wildman–Crippen LogP) is 2.99. The highest BCUT2D eigenvalue weighted by Crippen LogP contribution is 2.26. The lowest BCUT2D eigenvalue weighted by atomic mass is 10.1. The molecule has 0 aliphatic rings. The molecule has 1 aromatic rings. The van der Waals surface area contributed by atoms with Crippen molar-refractivity contribution in [1.82, 2.24) is 0 Å². The molecule has 0 aliphatic heterocycles. The Morgan fingerprint density at radius 1 is 1.31 bits per heavy atom. The van der Waals surface area contributed by atoms with Gasteiger partial charge in [-0.25, -0.2) is 0 Å². The first-order valence-corrected chi connectivity index (χ1v) is 4.63. The van der Waals surface area contributed by atoms with E-state index in [1.54, 1.807) is 13.2 Å². The molecule has 0 unspecified atom stereocenters. The molecule has 0 heterocycles. The lowest BCUT2D eigenvalue weighted by Crippen LogP contribution is -1.86. The molecule has 0 aromatic heterocycles. The molecular formula is C11H18O2. The second kappa shape index (κ2) is 6.35. The van der Waals surface area contributed by atoms with Gasteiger partial charge in [0, 0.05) is 0 Å². The monoisotopic (exact) mass is 182 g/mol. The molecule has 1 rings (SSSR count). The summed E-state index contributed by atoms with van der Waals surface area (Å²) in [5.74, 6) is 0.744. The second-order valence-corrected chi connectivity index (χ2v) is 2.36. The average Bonchev–Trinajstić information content (AvgIpc) is 2.22. The predicted molar refractivity (Wildman–Crippen MR) is 55.4 cm³/mol. The van der Waals surface area contributed by atoms with Crippen molar-refractivity contribution in [2.45, 2.75) is 27.2 Å². The van der Waals surface area contributed by atoms with Gasteiger partial charge in [-0.05, 0) is 24.1 Å². The molecule has 1 N–H and O–H groups in total. The Morgan fingerprint density at radius 3 is 2.38 bits per heavy atom. The third-order valence-corrected chi connectivity index (χ3v) is 1.65. The van der Waals surface area contributed by atoms with Crippen molar-refractivity contribution in [3.63, 3.8) is 0 Å². The van der Waals surface area contributed by atoms with Gasteiger partial charge in [-0.3, -0.25) is 0 Å². The van der Waals surface area contributed by atoms with Crippen LogP contribution in [0.5, 0.6) is 11.5 Å². The van der Waals surface area contributed by atoms with Crippen molar-refractivity contribution in [2.75, 3.05) is 7.11 Å². The molecule has 13 heavy (non-hydrogen) atoms. The van der Waals surface area contributed by atoms with Crippen molar-refractivity contribution in [3.8, 4) is 11.5 Å². The van der Waals surface area contributed by atoms with Crippen LogP contribution in [-0.4, -0.2) is 12.2 Å². The zero-order chi connectivity index (χ0) is 10.3. The average molecular weight is 182 g/mol. The van der Waals surface area contributed by atoms with Gasteiger partial charge in [-0.15, -0.1) is 0 Å². The summed E-state index contributed by atoms with van der Waals surface area (Å²) in [5, 5.41) is 9.21. The van der Waals surface area contributed by atoms with Gasteiger partial charge in [-0.2, -0.15) is 0 Å². The summed E-state index contributed by atoms with van der Waals surface area (Å²) >= 11 is 0. The smallest absolute Gasteiger partial charge is 0.160 e. The Morgan fingerprint density at radius 2 is 1.92 bits per heavy atom. The lowest BCUT2D eigenvalue weighted by molar-refractivity contribution is 0.373. The normalized spacial score (nSPS) is 8.62. The van der Waals surface area contributed by atoms with E-state index in [1.807, 2.05) is 26.0 Å². The minimum Gasteiger partial charge on any atom is -0.504 e. The van der Waals surface area contributed by atoms with Crippen LogP contribution in [0.15, 0.2) is 18.2 Å². The SMILES string of the molecule is CC.CCc1ccc(O)c(OC)c1. The van der Waals surface area contributed by atoms with E-state index in [0.717, 1.165) is 6.42 Å². The number of aromatic hydroxyl groups is 1. The van der Waals surface area contributed by atoms with Crippen LogP contribution < -0.4 is 4.74 Å². The van der Waals surface area contributed by atoms with Crippen LogP contribution in [0.4, 0.5) is 0 Å². The van der Waals surface area contributed by atoms with Crippen molar-refractivity contribution in [2.24, 2.45) is 0 Å². The zero-order valence-corrected chi connectivity index (χ0v) is 8.79. The summed E-state index contributed by atoms with van der Waals surface area (Å²) < 4.78 is 4.94. The van der Waals surface area contributed by atoms with Crippen LogP contribution in [-0.2, 0) is 6.42 Å². The number of phenolic OH excluding ortho intramolecular Hbond substituents is 1. The van der Waals surface area contributed by atoms with Crippen LogP contribution in [0.25, 0.3) is 0 Å². The highest BCUT2D eigenvalue weighted by molar-refractivity contribution is 5.41. The molecule has 0 fully saturated rings. The van der Waals surface area contributed by atoms with E-state index in [4.69, 9.17) is 4.74 Å². The van der Waals surface area contributed by atoms with Crippen LogP contribution in [0.2, 0.25) is 0 Å². The van der Waals surface area contributed by atoms with E-state index >= 15 is 0 Å². The molecule has 2 nitrogen and oxygen atoms in total. The molecule has 0 spiro atoms. The molecule has 0 atom stereocenters. The first kappa shape index (κ1) is 11.8. The Balaban J connectivity index is 0.000000671. The standard InChI is InChI=1S/C9H12O2.C2H6/c1-3-7-4-5-8(10)9(6-7)11-2;1-2/h4-6,10H,3H2,1-2H3;1-2H3. The van der Waals surface area contributed by atoms with Crippen LogP contribution in [0, 0.1) is 0 Å². The summed E-state index contributed by atoms with van der Waals surface area (Å²) in [6, 6.07) is 5.38. The Labute approximate surface area is 80.2 Å². The first-order valence-electron chi connectivity index (χ1n) is 4.63. The van der Waals surface area contributed by atoms with Crippen LogP contribution in [0.3, 0.4) is 0 Å². The fourth-order valence-corrected chi connectivity index (χ4v) is 0.942. The number of hydrogen-bond donors (Lipinski definition) is 1. The van der Waals surface area contributed by atoms with Gasteiger partial charge in [-0.1, -0.05) is 26.8 Å². The maximum absolute atomic E-state index is 9.21. The molecule has 2 heteroatoms. The van der Waals surface area contributed by atoms with Crippen molar-refractivity contribution in [3.05, 3.63) is 23.8 Å². The highest BCUT2D eigenvalue weighted by Gasteiger charge is 1.99. The molecule has 0 saturated heterocycles. The lowest BCUT2D eigenvalue weighted by Gasteiger charge is -2.03. The van der Waals surface area contributed by atoms with E-state index in [0.29, 0.717) is 5.75 Å². The fourth-order valence-electron chi connectivity index (χ4n) is 0.942. The molecule has 0 bridgehead atoms. The number of ether oxygens (including phenoxy) is 1. The van der Waals surface area contributed by atoms with E-state index in [-0.39, 0.29) is 5.75 Å². The van der Waals surface area contributed by atoms with Crippen LogP contribution in [0.1, 0.15) is 26.3 Å². The van der Waals surface area contributed by atoms with Gasteiger partial charge in [0.25, 0.3) is 0 Å². The Kier molecular flexibility index (Phi) is 5.77. The Bertz CT molecular complexity index is 244. The molecule has 0 aliphatic carbocycles. The molecule has 74 valence electrons. The largest absolute Gasteiger partial charge is 0.504 e. The number of hydrogen-bond acceptors (Lipinski definition) is 2. The van der Waals surface area contributed by atoms with Crippen molar-refractivity contribution < 1.29 is 9.84 Å². The highest BCUT2D eigenvalue weighted by atomic mass is 16.5. The molecule has 1 aromatic carbocycles. The third-order valence-electron chi connectivity index (χ3n) is 1.65. The number of aryl methyl sites for hydroxylation is 1. The summed E-state index contributed by atoms with van der Waals surface area (Å²) in [4.78, 5) is 0. The molecule has 0 saturated carbocycles. The molecule has 0 amide bonds. The second-order valence-electron chi connectivity index (χ2n) is 2.36. The maximum atomic E-state index is 9.21. The van der Waals surface area contributed by atoms with Gasteiger partial charge in [0.1, 0.15) is 0 Å².